The lowest BCUT2D eigenvalue weighted by molar-refractivity contribution is 0.0527. The quantitative estimate of drug-likeness (QED) is 0.470. The molecule has 0 spiro atoms. The van der Waals surface area contributed by atoms with E-state index in [4.69, 9.17) is 14.2 Å². The largest absolute Gasteiger partial charge is 0.496 e. The first kappa shape index (κ1) is 24.6. The number of esters is 1. The average Bonchev–Trinajstić information content (AvgIpc) is 2.86. The first-order valence-corrected chi connectivity index (χ1v) is 12.1. The van der Waals surface area contributed by atoms with E-state index in [2.05, 4.69) is 33.2 Å². The van der Waals surface area contributed by atoms with Crippen molar-refractivity contribution in [3.8, 4) is 11.5 Å². The third-order valence-corrected chi connectivity index (χ3v) is 6.35. The summed E-state index contributed by atoms with van der Waals surface area (Å²) in [5.74, 6) is 1.15. The lowest BCUT2D eigenvalue weighted by Gasteiger charge is -2.35. The Hall–Kier alpha value is -3.52. The number of benzene rings is 2. The number of nitrogens with zero attached hydrogens (tertiary/aromatic N) is 3. The van der Waals surface area contributed by atoms with Crippen LogP contribution in [0, 0.1) is 6.92 Å². The zero-order valence-electron chi connectivity index (χ0n) is 21.2. The van der Waals surface area contributed by atoms with Crippen molar-refractivity contribution in [2.45, 2.75) is 20.8 Å². The SMILES string of the molecule is CCOC(=O)c1cnc2cc(OCC)c(N3CCN(C)CC3)cc2c1Nc1cccc(OC)c1C. The van der Waals surface area contributed by atoms with Gasteiger partial charge in [0, 0.05) is 55.1 Å². The van der Waals surface area contributed by atoms with Crippen LogP contribution in [0.25, 0.3) is 10.9 Å². The van der Waals surface area contributed by atoms with Gasteiger partial charge in [-0.2, -0.15) is 0 Å². The molecular weight excluding hydrogens is 444 g/mol. The molecule has 35 heavy (non-hydrogen) atoms. The second-order valence-corrected chi connectivity index (χ2v) is 8.59. The second-order valence-electron chi connectivity index (χ2n) is 8.59. The van der Waals surface area contributed by atoms with Crippen LogP contribution in [0.1, 0.15) is 29.8 Å². The molecule has 1 N–H and O–H groups in total. The summed E-state index contributed by atoms with van der Waals surface area (Å²) in [6, 6.07) is 9.85. The van der Waals surface area contributed by atoms with Crippen molar-refractivity contribution in [3.63, 3.8) is 0 Å². The van der Waals surface area contributed by atoms with Crippen molar-refractivity contribution in [3.05, 3.63) is 47.7 Å². The minimum absolute atomic E-state index is 0.282. The summed E-state index contributed by atoms with van der Waals surface area (Å²) in [5.41, 5.74) is 4.57. The van der Waals surface area contributed by atoms with Crippen LogP contribution >= 0.6 is 0 Å². The Morgan fingerprint density at radius 3 is 2.54 bits per heavy atom. The number of carbonyl (C=O) groups excluding carboxylic acids is 1. The zero-order valence-corrected chi connectivity index (χ0v) is 21.2. The van der Waals surface area contributed by atoms with Crippen LogP contribution in [0.15, 0.2) is 36.5 Å². The van der Waals surface area contributed by atoms with E-state index >= 15 is 0 Å². The van der Waals surface area contributed by atoms with Gasteiger partial charge in [0.2, 0.25) is 0 Å². The van der Waals surface area contributed by atoms with Crippen molar-refractivity contribution in [1.29, 1.82) is 0 Å². The van der Waals surface area contributed by atoms with Crippen LogP contribution in [-0.2, 0) is 4.74 Å². The number of hydrogen-bond acceptors (Lipinski definition) is 8. The molecule has 0 saturated carbocycles. The molecule has 0 radical (unpaired) electrons. The number of aromatic nitrogens is 1. The van der Waals surface area contributed by atoms with E-state index < -0.39 is 5.97 Å². The molecule has 1 aromatic heterocycles. The number of anilines is 3. The van der Waals surface area contributed by atoms with Crippen molar-refractivity contribution in [2.75, 3.05) is 63.8 Å². The van der Waals surface area contributed by atoms with Crippen LogP contribution in [-0.4, -0.2) is 69.4 Å². The van der Waals surface area contributed by atoms with Gasteiger partial charge >= 0.3 is 5.97 Å². The molecule has 0 unspecified atom stereocenters. The summed E-state index contributed by atoms with van der Waals surface area (Å²) in [6.07, 6.45) is 1.57. The number of fused-ring (bicyclic) bond motifs is 1. The van der Waals surface area contributed by atoms with Crippen LogP contribution in [0.2, 0.25) is 0 Å². The first-order valence-electron chi connectivity index (χ1n) is 12.1. The van der Waals surface area contributed by atoms with Gasteiger partial charge in [0.15, 0.2) is 0 Å². The van der Waals surface area contributed by atoms with Crippen LogP contribution in [0.4, 0.5) is 17.1 Å². The van der Waals surface area contributed by atoms with Gasteiger partial charge in [-0.15, -0.1) is 0 Å². The summed E-state index contributed by atoms with van der Waals surface area (Å²) >= 11 is 0. The molecule has 2 aromatic carbocycles. The van der Waals surface area contributed by atoms with Crippen LogP contribution in [0.3, 0.4) is 0 Å². The zero-order chi connectivity index (χ0) is 24.9. The molecule has 4 rings (SSSR count). The van der Waals surface area contributed by atoms with Gasteiger partial charge in [0.25, 0.3) is 0 Å². The molecule has 0 aliphatic carbocycles. The molecule has 1 saturated heterocycles. The minimum Gasteiger partial charge on any atom is -0.496 e. The number of ether oxygens (including phenoxy) is 3. The van der Waals surface area contributed by atoms with Crippen molar-refractivity contribution >= 4 is 33.9 Å². The summed E-state index contributed by atoms with van der Waals surface area (Å²) < 4.78 is 16.9. The maximum absolute atomic E-state index is 12.9. The summed E-state index contributed by atoms with van der Waals surface area (Å²) in [5, 5.41) is 4.33. The van der Waals surface area contributed by atoms with Gasteiger partial charge < -0.3 is 29.3 Å². The fraction of sp³-hybridized carbons (Fsp3) is 0.407. The summed E-state index contributed by atoms with van der Waals surface area (Å²) in [6.45, 7) is 10.3. The van der Waals surface area contributed by atoms with Gasteiger partial charge in [0.1, 0.15) is 17.1 Å². The molecule has 186 valence electrons. The first-order chi connectivity index (χ1) is 17.0. The van der Waals surface area contributed by atoms with Gasteiger partial charge in [-0.25, -0.2) is 4.79 Å². The van der Waals surface area contributed by atoms with E-state index in [1.165, 1.54) is 0 Å². The molecule has 3 aromatic rings. The highest BCUT2D eigenvalue weighted by atomic mass is 16.5. The maximum atomic E-state index is 12.9. The highest BCUT2D eigenvalue weighted by molar-refractivity contribution is 6.07. The van der Waals surface area contributed by atoms with Gasteiger partial charge in [-0.3, -0.25) is 4.98 Å². The fourth-order valence-electron chi connectivity index (χ4n) is 4.38. The lowest BCUT2D eigenvalue weighted by Crippen LogP contribution is -2.44. The number of piperazine rings is 1. The second kappa shape index (κ2) is 10.8. The summed E-state index contributed by atoms with van der Waals surface area (Å²) in [4.78, 5) is 22.2. The Morgan fingerprint density at radius 2 is 1.86 bits per heavy atom. The van der Waals surface area contributed by atoms with E-state index in [0.717, 1.165) is 65.5 Å². The van der Waals surface area contributed by atoms with Crippen LogP contribution < -0.4 is 19.7 Å². The molecule has 0 atom stereocenters. The smallest absolute Gasteiger partial charge is 0.341 e. The lowest BCUT2D eigenvalue weighted by atomic mass is 10.1. The number of carbonyl (C=O) groups is 1. The Kier molecular flexibility index (Phi) is 7.60. The maximum Gasteiger partial charge on any atom is 0.341 e. The fourth-order valence-corrected chi connectivity index (χ4v) is 4.38. The number of nitrogens with one attached hydrogen (secondary N) is 1. The Labute approximate surface area is 206 Å². The predicted octanol–water partition coefficient (Wildman–Crippen LogP) is 4.62. The van der Waals surface area contributed by atoms with E-state index in [1.807, 2.05) is 38.1 Å². The normalized spacial score (nSPS) is 14.1. The molecule has 0 amide bonds. The Morgan fingerprint density at radius 1 is 1.09 bits per heavy atom. The topological polar surface area (TPSA) is 76.2 Å². The van der Waals surface area contributed by atoms with Gasteiger partial charge in [-0.1, -0.05) is 6.07 Å². The third kappa shape index (κ3) is 5.12. The number of rotatable bonds is 8. The average molecular weight is 479 g/mol. The number of likely N-dealkylation sites (N-methyl/N-ethyl adjacent to an activating group) is 1. The van der Waals surface area contributed by atoms with E-state index in [9.17, 15) is 4.79 Å². The third-order valence-electron chi connectivity index (χ3n) is 6.35. The van der Waals surface area contributed by atoms with E-state index in [1.54, 1.807) is 20.2 Å². The molecular formula is C27H34N4O4. The highest BCUT2D eigenvalue weighted by Crippen LogP contribution is 2.39. The van der Waals surface area contributed by atoms with Gasteiger partial charge in [0.05, 0.1) is 37.2 Å². The number of pyridine rings is 1. The molecule has 2 heterocycles. The molecule has 8 heteroatoms. The van der Waals surface area contributed by atoms with Crippen molar-refractivity contribution in [2.24, 2.45) is 0 Å². The minimum atomic E-state index is -0.417. The highest BCUT2D eigenvalue weighted by Gasteiger charge is 2.23. The monoisotopic (exact) mass is 478 g/mol. The van der Waals surface area contributed by atoms with E-state index in [-0.39, 0.29) is 6.61 Å². The molecule has 1 fully saturated rings. The van der Waals surface area contributed by atoms with Crippen LogP contribution in [0.5, 0.6) is 11.5 Å². The Balaban J connectivity index is 1.90. The van der Waals surface area contributed by atoms with Crippen molar-refractivity contribution < 1.29 is 19.0 Å². The molecule has 1 aliphatic heterocycles. The molecule has 8 nitrogen and oxygen atoms in total. The van der Waals surface area contributed by atoms with E-state index in [0.29, 0.717) is 17.9 Å². The summed E-state index contributed by atoms with van der Waals surface area (Å²) in [7, 11) is 3.78. The Bertz CT molecular complexity index is 1210. The number of methoxy groups -OCH3 is 1. The standard InChI is InChI=1S/C27H34N4O4/c1-6-34-25-16-22-19(15-23(25)31-13-11-30(4)12-14-31)26(20(17-28-22)27(32)35-7-2)29-21-9-8-10-24(33-5)18(21)3/h8-10,15-17H,6-7,11-14H2,1-5H3,(H,28,29). The van der Waals surface area contributed by atoms with Gasteiger partial charge in [-0.05, 0) is 46.0 Å². The predicted molar refractivity (Wildman–Crippen MR) is 140 cm³/mol. The molecule has 0 bridgehead atoms. The van der Waals surface area contributed by atoms with Crippen molar-refractivity contribution in [1.82, 2.24) is 9.88 Å². The number of hydrogen-bond donors (Lipinski definition) is 1. The molecule has 1 aliphatic rings.